The summed E-state index contributed by atoms with van der Waals surface area (Å²) < 4.78 is 10.7. The SMILES string of the molecule is COC(C)(/C=C/C=C(\C)C(=O)OCC(C)(C)CC1=C(O)c2ccccc2C(=O)C1=O)C(C)O. The number of allylic oxidation sites excluding steroid dienone is 3. The molecule has 1 aromatic carbocycles. The predicted molar refractivity (Wildman–Crippen MR) is 125 cm³/mol. The summed E-state index contributed by atoms with van der Waals surface area (Å²) in [5, 5.41) is 20.4. The summed E-state index contributed by atoms with van der Waals surface area (Å²) in [6.45, 7) is 8.47. The number of esters is 1. The van der Waals surface area contributed by atoms with Gasteiger partial charge in [-0.15, -0.1) is 0 Å². The number of methoxy groups -OCH3 is 1. The molecule has 2 unspecified atom stereocenters. The first-order chi connectivity index (χ1) is 15.3. The Hall–Kier alpha value is -3.03. The topological polar surface area (TPSA) is 110 Å². The fourth-order valence-electron chi connectivity index (χ4n) is 3.31. The molecule has 1 aliphatic carbocycles. The molecule has 0 radical (unpaired) electrons. The highest BCUT2D eigenvalue weighted by molar-refractivity contribution is 6.52. The second-order valence-electron chi connectivity index (χ2n) is 9.22. The van der Waals surface area contributed by atoms with Crippen molar-refractivity contribution in [3.05, 3.63) is 64.8 Å². The summed E-state index contributed by atoms with van der Waals surface area (Å²) in [4.78, 5) is 37.4. The fourth-order valence-corrected chi connectivity index (χ4v) is 3.31. The van der Waals surface area contributed by atoms with E-state index < -0.39 is 34.7 Å². The van der Waals surface area contributed by atoms with E-state index in [0.29, 0.717) is 11.1 Å². The number of aliphatic hydroxyl groups excluding tert-OH is 2. The molecule has 2 atom stereocenters. The van der Waals surface area contributed by atoms with Gasteiger partial charge in [-0.25, -0.2) is 4.79 Å². The minimum atomic E-state index is -0.888. The highest BCUT2D eigenvalue weighted by atomic mass is 16.5. The minimum Gasteiger partial charge on any atom is -0.507 e. The van der Waals surface area contributed by atoms with Crippen molar-refractivity contribution < 1.29 is 34.1 Å². The van der Waals surface area contributed by atoms with E-state index in [2.05, 4.69) is 0 Å². The monoisotopic (exact) mass is 456 g/mol. The zero-order chi connectivity index (χ0) is 25.0. The number of carbonyl (C=O) groups excluding carboxylic acids is 3. The number of ether oxygens (including phenoxy) is 2. The van der Waals surface area contributed by atoms with Gasteiger partial charge >= 0.3 is 5.97 Å². The van der Waals surface area contributed by atoms with Gasteiger partial charge < -0.3 is 19.7 Å². The quantitative estimate of drug-likeness (QED) is 0.250. The summed E-state index contributed by atoms with van der Waals surface area (Å²) in [6, 6.07) is 6.42. The number of rotatable bonds is 9. The molecule has 178 valence electrons. The number of fused-ring (bicyclic) bond motifs is 1. The van der Waals surface area contributed by atoms with Crippen LogP contribution in [0.1, 0.15) is 57.0 Å². The van der Waals surface area contributed by atoms with Gasteiger partial charge in [0.05, 0.1) is 12.7 Å². The van der Waals surface area contributed by atoms with Gasteiger partial charge in [-0.1, -0.05) is 56.3 Å². The first-order valence-electron chi connectivity index (χ1n) is 10.7. The Bertz CT molecular complexity index is 1030. The molecule has 0 heterocycles. The summed E-state index contributed by atoms with van der Waals surface area (Å²) in [6.07, 6.45) is 4.15. The molecule has 33 heavy (non-hydrogen) atoms. The van der Waals surface area contributed by atoms with Gasteiger partial charge in [-0.2, -0.15) is 0 Å². The van der Waals surface area contributed by atoms with Crippen LogP contribution in [0, 0.1) is 5.41 Å². The second-order valence-corrected chi connectivity index (χ2v) is 9.22. The van der Waals surface area contributed by atoms with Gasteiger partial charge in [-0.05, 0) is 27.2 Å². The van der Waals surface area contributed by atoms with Crippen LogP contribution in [0.5, 0.6) is 0 Å². The van der Waals surface area contributed by atoms with E-state index in [-0.39, 0.29) is 29.9 Å². The van der Waals surface area contributed by atoms with Gasteiger partial charge in [0.2, 0.25) is 11.6 Å². The lowest BCUT2D eigenvalue weighted by atomic mass is 9.79. The van der Waals surface area contributed by atoms with Crippen molar-refractivity contribution in [2.45, 2.75) is 52.7 Å². The standard InChI is InChI=1S/C26H32O7/c1-16(10-9-13-26(5,32-6)17(2)27)24(31)33-15-25(3,4)14-20-21(28)18-11-7-8-12-19(18)22(29)23(20)30/h7-13,17,27-28H,14-15H2,1-6H3/b13-9+,16-10+. The molecule has 2 N–H and O–H groups in total. The number of hydrogen-bond donors (Lipinski definition) is 2. The lowest BCUT2D eigenvalue weighted by Crippen LogP contribution is -2.37. The van der Waals surface area contributed by atoms with Gasteiger partial charge in [0.1, 0.15) is 11.4 Å². The largest absolute Gasteiger partial charge is 0.507 e. The van der Waals surface area contributed by atoms with Crippen LogP contribution in [0.3, 0.4) is 0 Å². The maximum Gasteiger partial charge on any atom is 0.333 e. The molecule has 1 aromatic rings. The number of hydrogen-bond acceptors (Lipinski definition) is 7. The van der Waals surface area contributed by atoms with Crippen LogP contribution in [-0.4, -0.2) is 53.2 Å². The Morgan fingerprint density at radius 3 is 2.30 bits per heavy atom. The molecule has 1 aliphatic rings. The molecule has 2 rings (SSSR count). The average molecular weight is 457 g/mol. The predicted octanol–water partition coefficient (Wildman–Crippen LogP) is 3.97. The highest BCUT2D eigenvalue weighted by Crippen LogP contribution is 2.35. The van der Waals surface area contributed by atoms with E-state index in [1.165, 1.54) is 13.2 Å². The summed E-state index contributed by atoms with van der Waals surface area (Å²) in [5.74, 6) is -2.16. The zero-order valence-electron chi connectivity index (χ0n) is 20.0. The number of benzene rings is 1. The third-order valence-electron chi connectivity index (χ3n) is 5.81. The molecule has 0 spiro atoms. The molecule has 0 saturated carbocycles. The smallest absolute Gasteiger partial charge is 0.333 e. The van der Waals surface area contributed by atoms with Crippen LogP contribution < -0.4 is 0 Å². The maximum absolute atomic E-state index is 12.6. The van der Waals surface area contributed by atoms with Crippen LogP contribution in [-0.2, 0) is 19.1 Å². The van der Waals surface area contributed by atoms with Gasteiger partial charge in [0.15, 0.2) is 0 Å². The molecule has 7 nitrogen and oxygen atoms in total. The maximum atomic E-state index is 12.6. The van der Waals surface area contributed by atoms with Gasteiger partial charge in [0.25, 0.3) is 0 Å². The van der Waals surface area contributed by atoms with Crippen molar-refractivity contribution >= 4 is 23.3 Å². The molecule has 0 aliphatic heterocycles. The molecule has 0 bridgehead atoms. The van der Waals surface area contributed by atoms with E-state index in [0.717, 1.165) is 0 Å². The van der Waals surface area contributed by atoms with E-state index in [1.54, 1.807) is 71.0 Å². The van der Waals surface area contributed by atoms with Crippen molar-refractivity contribution in [3.8, 4) is 0 Å². The molecule has 7 heteroatoms. The Morgan fingerprint density at radius 2 is 1.73 bits per heavy atom. The van der Waals surface area contributed by atoms with Crippen molar-refractivity contribution in [2.24, 2.45) is 5.41 Å². The minimum absolute atomic E-state index is 0.0203. The highest BCUT2D eigenvalue weighted by Gasteiger charge is 2.36. The number of ketones is 2. The van der Waals surface area contributed by atoms with Crippen molar-refractivity contribution in [1.82, 2.24) is 0 Å². The molecular formula is C26H32O7. The van der Waals surface area contributed by atoms with Crippen LogP contribution in [0.15, 0.2) is 53.6 Å². The van der Waals surface area contributed by atoms with Crippen molar-refractivity contribution in [3.63, 3.8) is 0 Å². The summed E-state index contributed by atoms with van der Waals surface area (Å²) in [7, 11) is 1.49. The van der Waals surface area contributed by atoms with E-state index in [9.17, 15) is 24.6 Å². The Balaban J connectivity index is 2.08. The fraction of sp³-hybridized carbons (Fsp3) is 0.423. The first-order valence-corrected chi connectivity index (χ1v) is 10.7. The zero-order valence-corrected chi connectivity index (χ0v) is 20.0. The van der Waals surface area contributed by atoms with Crippen LogP contribution in [0.25, 0.3) is 5.76 Å². The molecular weight excluding hydrogens is 424 g/mol. The second kappa shape index (κ2) is 10.3. The van der Waals surface area contributed by atoms with E-state index >= 15 is 0 Å². The Labute approximate surface area is 194 Å². The van der Waals surface area contributed by atoms with E-state index in [1.807, 2.05) is 0 Å². The van der Waals surface area contributed by atoms with Crippen LogP contribution in [0.4, 0.5) is 0 Å². The average Bonchev–Trinajstić information content (AvgIpc) is 2.78. The number of aliphatic hydroxyl groups is 2. The molecule has 0 saturated heterocycles. The lowest BCUT2D eigenvalue weighted by molar-refractivity contribution is -0.141. The molecule has 0 amide bonds. The van der Waals surface area contributed by atoms with Gasteiger partial charge in [0, 0.05) is 34.8 Å². The number of carbonyl (C=O) groups is 3. The van der Waals surface area contributed by atoms with Gasteiger partial charge in [-0.3, -0.25) is 9.59 Å². The van der Waals surface area contributed by atoms with Crippen LogP contribution >= 0.6 is 0 Å². The number of Topliss-reactive ketones (excluding diaryl/α,β-unsaturated/α-hetero) is 2. The van der Waals surface area contributed by atoms with Crippen LogP contribution in [0.2, 0.25) is 0 Å². The molecule has 0 aromatic heterocycles. The first kappa shape index (κ1) is 26.2. The van der Waals surface area contributed by atoms with E-state index in [4.69, 9.17) is 9.47 Å². The summed E-state index contributed by atoms with van der Waals surface area (Å²) >= 11 is 0. The van der Waals surface area contributed by atoms with Crippen molar-refractivity contribution in [1.29, 1.82) is 0 Å². The third kappa shape index (κ3) is 6.06. The summed E-state index contributed by atoms with van der Waals surface area (Å²) in [5.41, 5.74) is -0.727. The third-order valence-corrected chi connectivity index (χ3v) is 5.81. The molecule has 0 fully saturated rings. The normalized spacial score (nSPS) is 17.7. The Morgan fingerprint density at radius 1 is 1.12 bits per heavy atom. The lowest BCUT2D eigenvalue weighted by Gasteiger charge is -2.27. The Kier molecular flexibility index (Phi) is 8.16. The van der Waals surface area contributed by atoms with Crippen molar-refractivity contribution in [2.75, 3.05) is 13.7 Å².